The maximum absolute atomic E-state index is 12.0. The Morgan fingerprint density at radius 3 is 2.12 bits per heavy atom. The number of carboxylic acid groups (broad SMARTS) is 1. The fourth-order valence-electron chi connectivity index (χ4n) is 2.44. The third-order valence-corrected chi connectivity index (χ3v) is 3.84. The molecule has 138 valence electrons. The van der Waals surface area contributed by atoms with Crippen molar-refractivity contribution in [2.45, 2.75) is 58.3 Å². The molecule has 0 saturated carbocycles. The van der Waals surface area contributed by atoms with Gasteiger partial charge in [-0.1, -0.05) is 51.9 Å². The van der Waals surface area contributed by atoms with Crippen molar-refractivity contribution in [2.24, 2.45) is 0 Å². The highest BCUT2D eigenvalue weighted by atomic mass is 16.6. The molecule has 0 aliphatic heterocycles. The van der Waals surface area contributed by atoms with Crippen molar-refractivity contribution in [1.82, 2.24) is 0 Å². The van der Waals surface area contributed by atoms with Crippen molar-refractivity contribution < 1.29 is 24.4 Å². The summed E-state index contributed by atoms with van der Waals surface area (Å²) in [5, 5.41) is 19.8. The highest BCUT2D eigenvalue weighted by Gasteiger charge is 2.18. The average Bonchev–Trinajstić information content (AvgIpc) is 2.59. The number of non-ortho nitro benzene ring substituents is 1. The molecule has 7 nitrogen and oxygen atoms in total. The van der Waals surface area contributed by atoms with E-state index in [0.29, 0.717) is 0 Å². The third kappa shape index (κ3) is 7.78. The SMILES string of the molecule is CCCCCCCCCCOC(=O)c1cc(C(=O)O)cc([N+](=O)[O-])c1. The van der Waals surface area contributed by atoms with Crippen LogP contribution in [0.2, 0.25) is 0 Å². The number of ether oxygens (including phenoxy) is 1. The van der Waals surface area contributed by atoms with Gasteiger partial charge in [-0.05, 0) is 12.5 Å². The zero-order chi connectivity index (χ0) is 18.7. The van der Waals surface area contributed by atoms with E-state index in [-0.39, 0.29) is 17.7 Å². The zero-order valence-corrected chi connectivity index (χ0v) is 14.5. The standard InChI is InChI=1S/C18H25NO6/c1-2-3-4-5-6-7-8-9-10-25-18(22)15-11-14(17(20)21)12-16(13-15)19(23)24/h11-13H,2-10H2,1H3,(H,20,21). The molecule has 0 bridgehead atoms. The predicted molar refractivity (Wildman–Crippen MR) is 92.9 cm³/mol. The fraction of sp³-hybridized carbons (Fsp3) is 0.556. The van der Waals surface area contributed by atoms with Gasteiger partial charge in [-0.3, -0.25) is 10.1 Å². The number of carboxylic acids is 1. The lowest BCUT2D eigenvalue weighted by atomic mass is 10.1. The van der Waals surface area contributed by atoms with Gasteiger partial charge in [0.15, 0.2) is 0 Å². The Kier molecular flexibility index (Phi) is 9.21. The molecule has 0 spiro atoms. The molecule has 0 atom stereocenters. The Bertz CT molecular complexity index is 567. The molecule has 0 aliphatic carbocycles. The highest BCUT2D eigenvalue weighted by molar-refractivity contribution is 5.95. The first-order valence-corrected chi connectivity index (χ1v) is 8.65. The van der Waals surface area contributed by atoms with Crippen LogP contribution in [0, 0.1) is 10.1 Å². The number of hydrogen-bond acceptors (Lipinski definition) is 5. The van der Waals surface area contributed by atoms with Gasteiger partial charge in [0.1, 0.15) is 0 Å². The van der Waals surface area contributed by atoms with E-state index >= 15 is 0 Å². The Morgan fingerprint density at radius 1 is 1.00 bits per heavy atom. The number of carbonyl (C=O) groups excluding carboxylic acids is 1. The average molecular weight is 351 g/mol. The molecule has 25 heavy (non-hydrogen) atoms. The quantitative estimate of drug-likeness (QED) is 0.255. The number of nitrogens with zero attached hydrogens (tertiary/aromatic N) is 1. The molecule has 0 heterocycles. The first-order chi connectivity index (χ1) is 12.0. The van der Waals surface area contributed by atoms with Crippen LogP contribution in [-0.2, 0) is 4.74 Å². The van der Waals surface area contributed by atoms with Crippen LogP contribution in [-0.4, -0.2) is 28.6 Å². The maximum Gasteiger partial charge on any atom is 0.338 e. The van der Waals surface area contributed by atoms with E-state index in [9.17, 15) is 19.7 Å². The number of unbranched alkanes of at least 4 members (excludes halogenated alkanes) is 7. The second kappa shape index (κ2) is 11.2. The molecule has 0 aliphatic rings. The number of aromatic carboxylic acids is 1. The number of rotatable bonds is 12. The number of carbonyl (C=O) groups is 2. The van der Waals surface area contributed by atoms with E-state index in [1.807, 2.05) is 0 Å². The van der Waals surface area contributed by atoms with Crippen LogP contribution in [0.25, 0.3) is 0 Å². The minimum absolute atomic E-state index is 0.119. The van der Waals surface area contributed by atoms with Gasteiger partial charge in [0.2, 0.25) is 0 Å². The van der Waals surface area contributed by atoms with Gasteiger partial charge in [-0.15, -0.1) is 0 Å². The van der Waals surface area contributed by atoms with Crippen molar-refractivity contribution in [2.75, 3.05) is 6.61 Å². The first-order valence-electron chi connectivity index (χ1n) is 8.65. The van der Waals surface area contributed by atoms with Crippen LogP contribution in [0.1, 0.15) is 79.0 Å². The summed E-state index contributed by atoms with van der Waals surface area (Å²) in [6, 6.07) is 3.03. The number of hydrogen-bond donors (Lipinski definition) is 1. The fourth-order valence-corrected chi connectivity index (χ4v) is 2.44. The second-order valence-corrected chi connectivity index (χ2v) is 5.94. The lowest BCUT2D eigenvalue weighted by molar-refractivity contribution is -0.384. The van der Waals surface area contributed by atoms with Crippen LogP contribution in [0.5, 0.6) is 0 Å². The molecule has 0 aromatic heterocycles. The maximum atomic E-state index is 12.0. The second-order valence-electron chi connectivity index (χ2n) is 5.94. The van der Waals surface area contributed by atoms with Gasteiger partial charge in [-0.2, -0.15) is 0 Å². The number of esters is 1. The summed E-state index contributed by atoms with van der Waals surface area (Å²) in [6.45, 7) is 2.40. The van der Waals surface area contributed by atoms with Crippen LogP contribution >= 0.6 is 0 Å². The molecule has 0 radical (unpaired) electrons. The van der Waals surface area contributed by atoms with E-state index in [4.69, 9.17) is 9.84 Å². The molecule has 1 aromatic carbocycles. The van der Waals surface area contributed by atoms with E-state index in [2.05, 4.69) is 6.92 Å². The summed E-state index contributed by atoms with van der Waals surface area (Å²) in [6.07, 6.45) is 8.89. The van der Waals surface area contributed by atoms with E-state index in [1.54, 1.807) is 0 Å². The zero-order valence-electron chi connectivity index (χ0n) is 14.5. The van der Waals surface area contributed by atoms with Gasteiger partial charge in [0, 0.05) is 12.1 Å². The molecule has 1 rings (SSSR count). The smallest absolute Gasteiger partial charge is 0.338 e. The van der Waals surface area contributed by atoms with Crippen LogP contribution < -0.4 is 0 Å². The molecule has 1 N–H and O–H groups in total. The lowest BCUT2D eigenvalue weighted by Gasteiger charge is -2.06. The van der Waals surface area contributed by atoms with Gasteiger partial charge >= 0.3 is 11.9 Å². The number of nitro benzene ring substituents is 1. The minimum atomic E-state index is -1.33. The number of benzene rings is 1. The molecule has 1 aromatic rings. The summed E-state index contributed by atoms with van der Waals surface area (Å²) in [7, 11) is 0. The molecular weight excluding hydrogens is 326 g/mol. The van der Waals surface area contributed by atoms with Crippen molar-refractivity contribution in [1.29, 1.82) is 0 Å². The summed E-state index contributed by atoms with van der Waals surface area (Å²) in [5.41, 5.74) is -0.877. The lowest BCUT2D eigenvalue weighted by Crippen LogP contribution is -2.09. The molecule has 0 fully saturated rings. The van der Waals surface area contributed by atoms with E-state index < -0.39 is 22.5 Å². The summed E-state index contributed by atoms with van der Waals surface area (Å²) >= 11 is 0. The first kappa shape index (κ1) is 20.6. The third-order valence-electron chi connectivity index (χ3n) is 3.84. The Labute approximate surface area is 147 Å². The Hall–Kier alpha value is -2.44. The highest BCUT2D eigenvalue weighted by Crippen LogP contribution is 2.18. The number of nitro groups is 1. The summed E-state index contributed by atoms with van der Waals surface area (Å²) < 4.78 is 5.09. The van der Waals surface area contributed by atoms with Crippen molar-refractivity contribution in [3.05, 3.63) is 39.4 Å². The normalized spacial score (nSPS) is 10.4. The molecule has 0 saturated heterocycles. The van der Waals surface area contributed by atoms with Gasteiger partial charge in [0.05, 0.1) is 22.7 Å². The Balaban J connectivity index is 2.42. The van der Waals surface area contributed by atoms with Crippen molar-refractivity contribution >= 4 is 17.6 Å². The predicted octanol–water partition coefficient (Wildman–Crippen LogP) is 4.59. The van der Waals surface area contributed by atoms with Gasteiger partial charge in [-0.25, -0.2) is 9.59 Å². The van der Waals surface area contributed by atoms with E-state index in [1.165, 1.54) is 32.1 Å². The molecule has 0 unspecified atom stereocenters. The Morgan fingerprint density at radius 2 is 1.56 bits per heavy atom. The molecule has 7 heteroatoms. The van der Waals surface area contributed by atoms with E-state index in [0.717, 1.165) is 37.5 Å². The summed E-state index contributed by atoms with van der Waals surface area (Å²) in [4.78, 5) is 33.1. The summed E-state index contributed by atoms with van der Waals surface area (Å²) in [5.74, 6) is -2.07. The van der Waals surface area contributed by atoms with Crippen LogP contribution in [0.3, 0.4) is 0 Å². The topological polar surface area (TPSA) is 107 Å². The van der Waals surface area contributed by atoms with Gasteiger partial charge < -0.3 is 9.84 Å². The monoisotopic (exact) mass is 351 g/mol. The largest absolute Gasteiger partial charge is 0.478 e. The van der Waals surface area contributed by atoms with Crippen molar-refractivity contribution in [3.63, 3.8) is 0 Å². The minimum Gasteiger partial charge on any atom is -0.478 e. The van der Waals surface area contributed by atoms with Crippen molar-refractivity contribution in [3.8, 4) is 0 Å². The van der Waals surface area contributed by atoms with Crippen LogP contribution in [0.4, 0.5) is 5.69 Å². The molecular formula is C18H25NO6. The molecule has 0 amide bonds. The van der Waals surface area contributed by atoms with Gasteiger partial charge in [0.25, 0.3) is 5.69 Å². The van der Waals surface area contributed by atoms with Crippen LogP contribution in [0.15, 0.2) is 18.2 Å².